The van der Waals surface area contributed by atoms with Crippen molar-refractivity contribution >= 4 is 28.9 Å². The highest BCUT2D eigenvalue weighted by Gasteiger charge is 2.05. The third-order valence-electron chi connectivity index (χ3n) is 1.16. The molecule has 0 fully saturated rings. The van der Waals surface area contributed by atoms with Gasteiger partial charge >= 0.3 is 0 Å². The van der Waals surface area contributed by atoms with E-state index in [1.54, 1.807) is 6.92 Å². The molecule has 0 unspecified atom stereocenters. The summed E-state index contributed by atoms with van der Waals surface area (Å²) < 4.78 is 0. The number of hydrogen-bond acceptors (Lipinski definition) is 3. The third-order valence-corrected chi connectivity index (χ3v) is 1.80. The van der Waals surface area contributed by atoms with Crippen LogP contribution >= 0.6 is 23.2 Å². The van der Waals surface area contributed by atoms with E-state index in [2.05, 4.69) is 10.2 Å². The molecule has 2 N–H and O–H groups in total. The van der Waals surface area contributed by atoms with Gasteiger partial charge in [0.15, 0.2) is 10.3 Å². The number of anilines is 1. The Morgan fingerprint density at radius 3 is 2.20 bits per heavy atom. The molecule has 1 heterocycles. The van der Waals surface area contributed by atoms with Gasteiger partial charge in [-0.05, 0) is 6.92 Å². The van der Waals surface area contributed by atoms with Crippen LogP contribution in [-0.2, 0) is 0 Å². The van der Waals surface area contributed by atoms with Gasteiger partial charge in [-0.15, -0.1) is 10.2 Å². The fraction of sp³-hybridized carbons (Fsp3) is 0.200. The van der Waals surface area contributed by atoms with E-state index in [1.165, 1.54) is 0 Å². The molecule has 0 bridgehead atoms. The Bertz CT molecular complexity index is 234. The second kappa shape index (κ2) is 2.60. The first-order chi connectivity index (χ1) is 4.63. The lowest BCUT2D eigenvalue weighted by Crippen LogP contribution is -1.96. The fourth-order valence-corrected chi connectivity index (χ4v) is 0.802. The highest BCUT2D eigenvalue weighted by molar-refractivity contribution is 6.33. The highest BCUT2D eigenvalue weighted by atomic mass is 35.5. The van der Waals surface area contributed by atoms with Gasteiger partial charge in [-0.25, -0.2) is 0 Å². The van der Waals surface area contributed by atoms with Gasteiger partial charge in [0.2, 0.25) is 0 Å². The monoisotopic (exact) mass is 177 g/mol. The molecule has 0 radical (unpaired) electrons. The lowest BCUT2D eigenvalue weighted by molar-refractivity contribution is 1.02. The van der Waals surface area contributed by atoms with Gasteiger partial charge in [-0.2, -0.15) is 0 Å². The molecule has 0 amide bonds. The maximum atomic E-state index is 5.57. The molecule has 3 nitrogen and oxygen atoms in total. The Hall–Kier alpha value is -0.540. The van der Waals surface area contributed by atoms with Crippen LogP contribution in [0.5, 0.6) is 0 Å². The molecule has 0 aliphatic heterocycles. The normalized spacial score (nSPS) is 9.90. The summed E-state index contributed by atoms with van der Waals surface area (Å²) in [6.07, 6.45) is 0. The number of hydrogen-bond donors (Lipinski definition) is 1. The molecule has 0 saturated carbocycles. The van der Waals surface area contributed by atoms with Crippen molar-refractivity contribution in [1.29, 1.82) is 0 Å². The SMILES string of the molecule is Cc1c(Cl)nnc(Cl)c1N. The van der Waals surface area contributed by atoms with E-state index >= 15 is 0 Å². The molecule has 0 aliphatic rings. The molecule has 10 heavy (non-hydrogen) atoms. The minimum Gasteiger partial charge on any atom is -0.396 e. The van der Waals surface area contributed by atoms with Gasteiger partial charge in [0.05, 0.1) is 5.69 Å². The van der Waals surface area contributed by atoms with Gasteiger partial charge in [-0.3, -0.25) is 0 Å². The maximum absolute atomic E-state index is 5.57. The molecule has 5 heteroatoms. The zero-order valence-electron chi connectivity index (χ0n) is 5.23. The van der Waals surface area contributed by atoms with Crippen LogP contribution in [0, 0.1) is 6.92 Å². The maximum Gasteiger partial charge on any atom is 0.174 e. The molecule has 54 valence electrons. The number of aromatic nitrogens is 2. The van der Waals surface area contributed by atoms with Gasteiger partial charge < -0.3 is 5.73 Å². The van der Waals surface area contributed by atoms with Crippen molar-refractivity contribution in [3.63, 3.8) is 0 Å². The second-order valence-corrected chi connectivity index (χ2v) is 2.54. The summed E-state index contributed by atoms with van der Waals surface area (Å²) in [6.45, 7) is 1.73. The Morgan fingerprint density at radius 1 is 1.20 bits per heavy atom. The number of nitrogens with two attached hydrogens (primary N) is 1. The summed E-state index contributed by atoms with van der Waals surface area (Å²) in [7, 11) is 0. The van der Waals surface area contributed by atoms with E-state index < -0.39 is 0 Å². The minimum absolute atomic E-state index is 0.196. The van der Waals surface area contributed by atoms with Gasteiger partial charge in [0.1, 0.15) is 0 Å². The number of nitrogens with zero attached hydrogens (tertiary/aromatic N) is 2. The van der Waals surface area contributed by atoms with Gasteiger partial charge in [-0.1, -0.05) is 23.2 Å². The fourth-order valence-electron chi connectivity index (χ4n) is 0.483. The topological polar surface area (TPSA) is 51.8 Å². The van der Waals surface area contributed by atoms with Gasteiger partial charge in [0, 0.05) is 5.56 Å². The van der Waals surface area contributed by atoms with Crippen LogP contribution in [-0.4, -0.2) is 10.2 Å². The first-order valence-electron chi connectivity index (χ1n) is 2.56. The van der Waals surface area contributed by atoms with Crippen molar-refractivity contribution < 1.29 is 0 Å². The second-order valence-electron chi connectivity index (χ2n) is 1.82. The molecule has 0 atom stereocenters. The van der Waals surface area contributed by atoms with Crippen LogP contribution in [0.4, 0.5) is 5.69 Å². The third kappa shape index (κ3) is 1.15. The molecule has 0 saturated heterocycles. The standard InChI is InChI=1S/C5H5Cl2N3/c1-2-3(8)5(7)10-9-4(2)6/h1H3,(H2,8,9). The van der Waals surface area contributed by atoms with E-state index in [-0.39, 0.29) is 5.15 Å². The summed E-state index contributed by atoms with van der Waals surface area (Å²) in [6, 6.07) is 0. The smallest absolute Gasteiger partial charge is 0.174 e. The van der Waals surface area contributed by atoms with Crippen molar-refractivity contribution in [2.24, 2.45) is 0 Å². The minimum atomic E-state index is 0.196. The molecular weight excluding hydrogens is 173 g/mol. The molecule has 0 aromatic carbocycles. The van der Waals surface area contributed by atoms with Crippen LogP contribution in [0.25, 0.3) is 0 Å². The number of rotatable bonds is 0. The van der Waals surface area contributed by atoms with Crippen LogP contribution in [0.15, 0.2) is 0 Å². The predicted octanol–water partition coefficient (Wildman–Crippen LogP) is 1.67. The Kier molecular flexibility index (Phi) is 1.97. The highest BCUT2D eigenvalue weighted by Crippen LogP contribution is 2.23. The van der Waals surface area contributed by atoms with E-state index in [4.69, 9.17) is 28.9 Å². The van der Waals surface area contributed by atoms with Crippen molar-refractivity contribution in [3.8, 4) is 0 Å². The summed E-state index contributed by atoms with van der Waals surface area (Å²) >= 11 is 11.1. The lowest BCUT2D eigenvalue weighted by atomic mass is 10.3. The van der Waals surface area contributed by atoms with E-state index in [0.717, 1.165) is 0 Å². The van der Waals surface area contributed by atoms with Crippen LogP contribution in [0.1, 0.15) is 5.56 Å². The number of halogens is 2. The van der Waals surface area contributed by atoms with E-state index in [1.807, 2.05) is 0 Å². The van der Waals surface area contributed by atoms with Crippen molar-refractivity contribution in [1.82, 2.24) is 10.2 Å². The molecule has 1 aromatic heterocycles. The Balaban J connectivity index is 3.34. The average molecular weight is 178 g/mol. The zero-order chi connectivity index (χ0) is 7.72. The average Bonchev–Trinajstić information content (AvgIpc) is 1.93. The quantitative estimate of drug-likeness (QED) is 0.657. The summed E-state index contributed by atoms with van der Waals surface area (Å²) in [5.41, 5.74) is 6.52. The Labute approximate surface area is 68.2 Å². The van der Waals surface area contributed by atoms with Crippen molar-refractivity contribution in [3.05, 3.63) is 15.9 Å². The summed E-state index contributed by atoms with van der Waals surface area (Å²) in [5, 5.41) is 7.53. The number of nitrogen functional groups attached to an aromatic ring is 1. The molecule has 1 rings (SSSR count). The lowest BCUT2D eigenvalue weighted by Gasteiger charge is -2.00. The molecule has 1 aromatic rings. The summed E-state index contributed by atoms with van der Waals surface area (Å²) in [5.74, 6) is 0. The first-order valence-corrected chi connectivity index (χ1v) is 3.32. The zero-order valence-corrected chi connectivity index (χ0v) is 6.74. The van der Waals surface area contributed by atoms with Crippen molar-refractivity contribution in [2.75, 3.05) is 5.73 Å². The Morgan fingerprint density at radius 2 is 1.70 bits per heavy atom. The largest absolute Gasteiger partial charge is 0.396 e. The summed E-state index contributed by atoms with van der Waals surface area (Å²) in [4.78, 5) is 0. The first kappa shape index (κ1) is 7.57. The van der Waals surface area contributed by atoms with Crippen molar-refractivity contribution in [2.45, 2.75) is 6.92 Å². The molecular formula is C5H5Cl2N3. The van der Waals surface area contributed by atoms with Gasteiger partial charge in [0.25, 0.3) is 0 Å². The van der Waals surface area contributed by atoms with E-state index in [0.29, 0.717) is 16.4 Å². The van der Waals surface area contributed by atoms with Crippen LogP contribution < -0.4 is 5.73 Å². The molecule has 0 spiro atoms. The van der Waals surface area contributed by atoms with Crippen LogP contribution in [0.2, 0.25) is 10.3 Å². The van der Waals surface area contributed by atoms with E-state index in [9.17, 15) is 0 Å². The van der Waals surface area contributed by atoms with Crippen LogP contribution in [0.3, 0.4) is 0 Å². The molecule has 0 aliphatic carbocycles. The predicted molar refractivity (Wildman–Crippen MR) is 41.2 cm³/mol.